The molecule has 29 heavy (non-hydrogen) atoms. The minimum Gasteiger partial charge on any atom is -0.507 e. The van der Waals surface area contributed by atoms with E-state index in [1.54, 1.807) is 0 Å². The number of phenolic OH excluding ortho intramolecular Hbond substituents is 1. The van der Waals surface area contributed by atoms with Crippen LogP contribution in [0.1, 0.15) is 111 Å². The molecule has 0 saturated carbocycles. The van der Waals surface area contributed by atoms with Gasteiger partial charge in [-0.1, -0.05) is 86.8 Å². The molecule has 0 saturated heterocycles. The number of hydrogen-bond donors (Lipinski definition) is 1. The molecule has 0 aliphatic heterocycles. The van der Waals surface area contributed by atoms with E-state index in [2.05, 4.69) is 67.5 Å². The van der Waals surface area contributed by atoms with E-state index in [0.29, 0.717) is 31.1 Å². The molecule has 0 bridgehead atoms. The number of phenols is 1. The number of carbonyl (C=O) groups excluding carboxylic acids is 1. The van der Waals surface area contributed by atoms with Gasteiger partial charge in [0.05, 0.1) is 6.61 Å². The second-order valence-electron chi connectivity index (χ2n) is 10.5. The third-order valence-electron chi connectivity index (χ3n) is 5.55. The van der Waals surface area contributed by atoms with Crippen molar-refractivity contribution in [2.45, 2.75) is 111 Å². The largest absolute Gasteiger partial charge is 0.507 e. The summed E-state index contributed by atoms with van der Waals surface area (Å²) in [6.07, 6.45) is 6.78. The predicted octanol–water partition coefficient (Wildman–Crippen LogP) is 7.07. The minimum atomic E-state index is -0.159. The molecule has 3 heteroatoms. The standard InChI is InChI=1S/C26H44O3/c1-9-11-13-19(12-10-2)18-29-23(27)15-14-20-16-21(25(3,4)5)24(28)22(17-20)26(6,7)8/h16-17,19,28H,9-15,18H2,1-8H3. The Morgan fingerprint density at radius 3 is 1.97 bits per heavy atom. The van der Waals surface area contributed by atoms with Gasteiger partial charge in [-0.15, -0.1) is 0 Å². The van der Waals surface area contributed by atoms with Crippen molar-refractivity contribution in [3.63, 3.8) is 0 Å². The predicted molar refractivity (Wildman–Crippen MR) is 123 cm³/mol. The van der Waals surface area contributed by atoms with Crippen LogP contribution in [0.5, 0.6) is 5.75 Å². The maximum Gasteiger partial charge on any atom is 0.306 e. The van der Waals surface area contributed by atoms with Crippen molar-refractivity contribution in [2.24, 2.45) is 5.92 Å². The molecular weight excluding hydrogens is 360 g/mol. The highest BCUT2D eigenvalue weighted by Gasteiger charge is 2.26. The van der Waals surface area contributed by atoms with Crippen molar-refractivity contribution in [3.05, 3.63) is 28.8 Å². The Hall–Kier alpha value is -1.51. The zero-order chi connectivity index (χ0) is 22.2. The molecule has 1 aromatic rings. The van der Waals surface area contributed by atoms with Crippen LogP contribution in [-0.2, 0) is 26.8 Å². The van der Waals surface area contributed by atoms with Crippen LogP contribution in [0.4, 0.5) is 0 Å². The average molecular weight is 405 g/mol. The molecule has 166 valence electrons. The highest BCUT2D eigenvalue weighted by Crippen LogP contribution is 2.40. The number of benzene rings is 1. The van der Waals surface area contributed by atoms with Gasteiger partial charge in [0.1, 0.15) is 5.75 Å². The summed E-state index contributed by atoms with van der Waals surface area (Å²) in [6, 6.07) is 4.11. The molecule has 3 nitrogen and oxygen atoms in total. The molecule has 1 rings (SSSR count). The first kappa shape index (κ1) is 25.5. The van der Waals surface area contributed by atoms with E-state index < -0.39 is 0 Å². The molecule has 1 N–H and O–H groups in total. The molecule has 1 atom stereocenters. The third-order valence-corrected chi connectivity index (χ3v) is 5.55. The Bertz CT molecular complexity index is 612. The first-order valence-electron chi connectivity index (χ1n) is 11.4. The Labute approximate surface area is 179 Å². The first-order chi connectivity index (χ1) is 13.4. The van der Waals surface area contributed by atoms with E-state index in [1.807, 2.05) is 0 Å². The second kappa shape index (κ2) is 11.0. The van der Waals surface area contributed by atoms with Gasteiger partial charge >= 0.3 is 5.97 Å². The number of carbonyl (C=O) groups is 1. The summed E-state index contributed by atoms with van der Waals surface area (Å²) in [5, 5.41) is 10.8. The van der Waals surface area contributed by atoms with Crippen molar-refractivity contribution in [1.29, 1.82) is 0 Å². The van der Waals surface area contributed by atoms with Gasteiger partial charge in [-0.2, -0.15) is 0 Å². The maximum absolute atomic E-state index is 12.4. The average Bonchev–Trinajstić information content (AvgIpc) is 2.61. The summed E-state index contributed by atoms with van der Waals surface area (Å²) in [5.41, 5.74) is 2.65. The number of ether oxygens (including phenoxy) is 1. The number of hydrogen-bond acceptors (Lipinski definition) is 3. The van der Waals surface area contributed by atoms with Crippen molar-refractivity contribution in [1.82, 2.24) is 0 Å². The summed E-state index contributed by atoms with van der Waals surface area (Å²) in [5.74, 6) is 0.748. The van der Waals surface area contributed by atoms with Gasteiger partial charge in [-0.25, -0.2) is 0 Å². The zero-order valence-electron chi connectivity index (χ0n) is 20.2. The monoisotopic (exact) mass is 404 g/mol. The van der Waals surface area contributed by atoms with Crippen molar-refractivity contribution in [2.75, 3.05) is 6.61 Å². The molecule has 0 amide bonds. The fourth-order valence-electron chi connectivity index (χ4n) is 3.72. The van der Waals surface area contributed by atoms with Crippen LogP contribution < -0.4 is 0 Å². The van der Waals surface area contributed by atoms with E-state index in [4.69, 9.17) is 4.74 Å². The molecule has 0 heterocycles. The SMILES string of the molecule is CCCCC(CCC)COC(=O)CCc1cc(C(C)(C)C)c(O)c(C(C)(C)C)c1. The van der Waals surface area contributed by atoms with Gasteiger partial charge in [0.25, 0.3) is 0 Å². The fourth-order valence-corrected chi connectivity index (χ4v) is 3.72. The normalized spacial score (nSPS) is 13.4. The smallest absolute Gasteiger partial charge is 0.306 e. The van der Waals surface area contributed by atoms with E-state index in [-0.39, 0.29) is 16.8 Å². The number of esters is 1. The van der Waals surface area contributed by atoms with Gasteiger partial charge < -0.3 is 9.84 Å². The molecular formula is C26H44O3. The van der Waals surface area contributed by atoms with E-state index in [9.17, 15) is 9.90 Å². The van der Waals surface area contributed by atoms with Crippen LogP contribution in [-0.4, -0.2) is 17.7 Å². The first-order valence-corrected chi connectivity index (χ1v) is 11.4. The van der Waals surface area contributed by atoms with Crippen LogP contribution in [0.15, 0.2) is 12.1 Å². The van der Waals surface area contributed by atoms with Crippen LogP contribution in [0.25, 0.3) is 0 Å². The highest BCUT2D eigenvalue weighted by atomic mass is 16.5. The van der Waals surface area contributed by atoms with Crippen molar-refractivity contribution < 1.29 is 14.6 Å². The van der Waals surface area contributed by atoms with Gasteiger partial charge in [-0.05, 0) is 52.7 Å². The quantitative estimate of drug-likeness (QED) is 0.424. The van der Waals surface area contributed by atoms with E-state index >= 15 is 0 Å². The van der Waals surface area contributed by atoms with Gasteiger partial charge in [0, 0.05) is 6.42 Å². The van der Waals surface area contributed by atoms with Crippen molar-refractivity contribution in [3.8, 4) is 5.75 Å². The molecule has 0 aliphatic rings. The lowest BCUT2D eigenvalue weighted by atomic mass is 9.78. The van der Waals surface area contributed by atoms with Crippen LogP contribution >= 0.6 is 0 Å². The molecule has 1 aromatic carbocycles. The number of rotatable bonds is 10. The molecule has 0 spiro atoms. The molecule has 0 radical (unpaired) electrons. The van der Waals surface area contributed by atoms with Crippen molar-refractivity contribution >= 4 is 5.97 Å². The van der Waals surface area contributed by atoms with E-state index in [0.717, 1.165) is 36.0 Å². The van der Waals surface area contributed by atoms with Crippen LogP contribution in [0.2, 0.25) is 0 Å². The Kier molecular flexibility index (Phi) is 9.71. The molecule has 0 fully saturated rings. The summed E-state index contributed by atoms with van der Waals surface area (Å²) >= 11 is 0. The summed E-state index contributed by atoms with van der Waals surface area (Å²) in [6.45, 7) is 17.6. The van der Waals surface area contributed by atoms with Gasteiger partial charge in [0.2, 0.25) is 0 Å². The zero-order valence-corrected chi connectivity index (χ0v) is 20.2. The minimum absolute atomic E-state index is 0.120. The lowest BCUT2D eigenvalue weighted by Gasteiger charge is -2.28. The Balaban J connectivity index is 2.84. The number of aromatic hydroxyl groups is 1. The molecule has 0 aromatic heterocycles. The number of aryl methyl sites for hydroxylation is 1. The fraction of sp³-hybridized carbons (Fsp3) is 0.731. The second-order valence-corrected chi connectivity index (χ2v) is 10.5. The van der Waals surface area contributed by atoms with Gasteiger partial charge in [-0.3, -0.25) is 4.79 Å². The summed E-state index contributed by atoms with van der Waals surface area (Å²) in [4.78, 5) is 12.4. The Morgan fingerprint density at radius 2 is 1.52 bits per heavy atom. The molecule has 1 unspecified atom stereocenters. The number of unbranched alkanes of at least 4 members (excludes halogenated alkanes) is 1. The van der Waals surface area contributed by atoms with Gasteiger partial charge in [0.15, 0.2) is 0 Å². The summed E-state index contributed by atoms with van der Waals surface area (Å²) < 4.78 is 5.61. The third kappa shape index (κ3) is 8.40. The lowest BCUT2D eigenvalue weighted by molar-refractivity contribution is -0.145. The maximum atomic E-state index is 12.4. The highest BCUT2D eigenvalue weighted by molar-refractivity contribution is 5.69. The van der Waals surface area contributed by atoms with Crippen LogP contribution in [0.3, 0.4) is 0 Å². The summed E-state index contributed by atoms with van der Waals surface area (Å²) in [7, 11) is 0. The Morgan fingerprint density at radius 1 is 0.966 bits per heavy atom. The lowest BCUT2D eigenvalue weighted by Crippen LogP contribution is -2.18. The van der Waals surface area contributed by atoms with Crippen LogP contribution in [0, 0.1) is 5.92 Å². The topological polar surface area (TPSA) is 46.5 Å². The molecule has 0 aliphatic carbocycles. The van der Waals surface area contributed by atoms with E-state index in [1.165, 1.54) is 12.8 Å².